The number of hydrogen-bond acceptors (Lipinski definition) is 3. The molecular weight excluding hydrogens is 380 g/mol. The molecule has 29 heavy (non-hydrogen) atoms. The van der Waals surface area contributed by atoms with Gasteiger partial charge in [-0.1, -0.05) is 55.8 Å². The third-order valence-corrected chi connectivity index (χ3v) is 7.70. The van der Waals surface area contributed by atoms with Crippen LogP contribution in [0.1, 0.15) is 55.4 Å². The molecule has 4 heteroatoms. The fourth-order valence-electron chi connectivity index (χ4n) is 5.65. The number of rotatable bonds is 2. The van der Waals surface area contributed by atoms with Crippen LogP contribution >= 0.6 is 11.6 Å². The first-order chi connectivity index (χ1) is 14.0. The van der Waals surface area contributed by atoms with E-state index in [1.54, 1.807) is 0 Å². The minimum absolute atomic E-state index is 0.0531. The van der Waals surface area contributed by atoms with Crippen molar-refractivity contribution >= 4 is 17.4 Å². The summed E-state index contributed by atoms with van der Waals surface area (Å²) in [6, 6.07) is 15.2. The van der Waals surface area contributed by atoms with Gasteiger partial charge in [0.25, 0.3) is 0 Å². The van der Waals surface area contributed by atoms with E-state index < -0.39 is 5.72 Å². The Morgan fingerprint density at radius 1 is 1.10 bits per heavy atom. The van der Waals surface area contributed by atoms with Crippen molar-refractivity contribution < 1.29 is 4.84 Å². The van der Waals surface area contributed by atoms with Crippen LogP contribution in [0.5, 0.6) is 0 Å². The molecule has 0 saturated carbocycles. The van der Waals surface area contributed by atoms with Gasteiger partial charge in [-0.15, -0.1) is 0 Å². The average molecular weight is 409 g/mol. The molecule has 1 aliphatic heterocycles. The first-order valence-corrected chi connectivity index (χ1v) is 11.2. The second-order valence-electron chi connectivity index (χ2n) is 9.04. The van der Waals surface area contributed by atoms with Gasteiger partial charge in [0.2, 0.25) is 5.72 Å². The Kier molecular flexibility index (Phi) is 4.52. The molecule has 3 aliphatic rings. The lowest BCUT2D eigenvalue weighted by molar-refractivity contribution is -0.225. The van der Waals surface area contributed by atoms with Crippen molar-refractivity contribution in [1.29, 1.82) is 0 Å². The highest BCUT2D eigenvalue weighted by atomic mass is 35.5. The molecule has 0 fully saturated rings. The summed E-state index contributed by atoms with van der Waals surface area (Å²) < 4.78 is 0. The first-order valence-electron chi connectivity index (χ1n) is 10.9. The van der Waals surface area contributed by atoms with E-state index in [2.05, 4.69) is 50.2 Å². The second kappa shape index (κ2) is 6.85. The predicted octanol–water partition coefficient (Wildman–Crippen LogP) is 5.94. The van der Waals surface area contributed by atoms with Crippen LogP contribution in [0.3, 0.4) is 0 Å². The number of halogens is 1. The molecule has 0 saturated heterocycles. The van der Waals surface area contributed by atoms with Gasteiger partial charge in [-0.3, -0.25) is 0 Å². The summed E-state index contributed by atoms with van der Waals surface area (Å²) in [7, 11) is 2.02. The van der Waals surface area contributed by atoms with E-state index in [4.69, 9.17) is 21.4 Å². The number of hydroxylamine groups is 2. The Hall–Kier alpha value is -1.84. The molecule has 2 spiro atoms. The van der Waals surface area contributed by atoms with Crippen molar-refractivity contribution in [3.05, 3.63) is 69.7 Å². The molecule has 0 bridgehead atoms. The van der Waals surface area contributed by atoms with Crippen molar-refractivity contribution in [2.24, 2.45) is 16.3 Å². The summed E-state index contributed by atoms with van der Waals surface area (Å²) in [5, 5.41) is 2.69. The molecular formula is C25H29ClN2O. The van der Waals surface area contributed by atoms with Crippen molar-refractivity contribution in [2.45, 2.75) is 58.1 Å². The third-order valence-electron chi connectivity index (χ3n) is 7.47. The van der Waals surface area contributed by atoms with Gasteiger partial charge in [-0.25, -0.2) is 14.9 Å². The van der Waals surface area contributed by atoms with E-state index in [9.17, 15) is 0 Å². The van der Waals surface area contributed by atoms with Crippen LogP contribution < -0.4 is 0 Å². The number of benzene rings is 2. The lowest BCUT2D eigenvalue weighted by Gasteiger charge is -2.40. The standard InChI is InChI=1S/C25H29ClN2O/c1-4-17(2)23-27-25(29-28(23)3)22-15-21(26)10-9-20(22)16-24(25)13-11-18-7-5-6-8-19(18)12-14-24/h5-10,15,17H,4,11-14,16H2,1-3H3. The van der Waals surface area contributed by atoms with Gasteiger partial charge < -0.3 is 0 Å². The van der Waals surface area contributed by atoms with Gasteiger partial charge in [-0.2, -0.15) is 0 Å². The van der Waals surface area contributed by atoms with Crippen molar-refractivity contribution in [1.82, 2.24) is 5.06 Å². The maximum absolute atomic E-state index is 6.75. The highest BCUT2D eigenvalue weighted by Crippen LogP contribution is 2.61. The van der Waals surface area contributed by atoms with E-state index in [1.807, 2.05) is 18.2 Å². The normalized spacial score (nSPS) is 25.7. The summed E-state index contributed by atoms with van der Waals surface area (Å²) in [4.78, 5) is 12.1. The number of amidine groups is 1. The lowest BCUT2D eigenvalue weighted by atomic mass is 9.71. The van der Waals surface area contributed by atoms with Gasteiger partial charge in [0.1, 0.15) is 5.84 Å². The maximum atomic E-state index is 6.75. The summed E-state index contributed by atoms with van der Waals surface area (Å²) in [5.41, 5.74) is 4.74. The molecule has 152 valence electrons. The second-order valence-corrected chi connectivity index (χ2v) is 9.48. The molecule has 5 rings (SSSR count). The zero-order chi connectivity index (χ0) is 20.2. The summed E-state index contributed by atoms with van der Waals surface area (Å²) in [6.07, 6.45) is 6.33. The topological polar surface area (TPSA) is 24.8 Å². The van der Waals surface area contributed by atoms with Gasteiger partial charge in [0.15, 0.2) is 0 Å². The summed E-state index contributed by atoms with van der Waals surface area (Å²) in [5.74, 6) is 1.42. The molecule has 2 aromatic carbocycles. The van der Waals surface area contributed by atoms with E-state index in [1.165, 1.54) is 22.3 Å². The fourth-order valence-corrected chi connectivity index (χ4v) is 5.82. The zero-order valence-electron chi connectivity index (χ0n) is 17.5. The first kappa shape index (κ1) is 19.1. The largest absolute Gasteiger partial charge is 0.240 e. The quantitative estimate of drug-likeness (QED) is 0.614. The monoisotopic (exact) mass is 408 g/mol. The third kappa shape index (κ3) is 2.78. The van der Waals surface area contributed by atoms with Gasteiger partial charge in [0, 0.05) is 29.0 Å². The van der Waals surface area contributed by atoms with Crippen LogP contribution in [0.4, 0.5) is 0 Å². The Balaban J connectivity index is 1.66. The van der Waals surface area contributed by atoms with Gasteiger partial charge >= 0.3 is 0 Å². The van der Waals surface area contributed by atoms with Crippen molar-refractivity contribution in [2.75, 3.05) is 7.05 Å². The Bertz CT molecular complexity index is 958. The van der Waals surface area contributed by atoms with E-state index in [-0.39, 0.29) is 5.41 Å². The van der Waals surface area contributed by atoms with Crippen molar-refractivity contribution in [3.63, 3.8) is 0 Å². The van der Waals surface area contributed by atoms with Crippen LogP contribution in [-0.4, -0.2) is 17.9 Å². The maximum Gasteiger partial charge on any atom is 0.218 e. The molecule has 0 amide bonds. The summed E-state index contributed by atoms with van der Waals surface area (Å²) in [6.45, 7) is 4.45. The van der Waals surface area contributed by atoms with Crippen molar-refractivity contribution in [3.8, 4) is 0 Å². The number of aryl methyl sites for hydroxylation is 2. The zero-order valence-corrected chi connectivity index (χ0v) is 18.3. The lowest BCUT2D eigenvalue weighted by Crippen LogP contribution is -2.43. The molecule has 0 N–H and O–H groups in total. The van der Waals surface area contributed by atoms with Crippen LogP contribution in [0.15, 0.2) is 47.5 Å². The highest BCUT2D eigenvalue weighted by molar-refractivity contribution is 6.30. The van der Waals surface area contributed by atoms with Gasteiger partial charge in [-0.05, 0) is 67.3 Å². The molecule has 2 atom stereocenters. The average Bonchev–Trinajstić information content (AvgIpc) is 3.12. The highest BCUT2D eigenvalue weighted by Gasteiger charge is 2.62. The Morgan fingerprint density at radius 2 is 1.79 bits per heavy atom. The van der Waals surface area contributed by atoms with E-state index in [0.717, 1.165) is 49.4 Å². The van der Waals surface area contributed by atoms with Gasteiger partial charge in [0.05, 0.1) is 0 Å². The van der Waals surface area contributed by atoms with E-state index >= 15 is 0 Å². The smallest absolute Gasteiger partial charge is 0.218 e. The minimum Gasteiger partial charge on any atom is -0.240 e. The number of nitrogens with zero attached hydrogens (tertiary/aromatic N) is 2. The minimum atomic E-state index is -0.664. The molecule has 1 heterocycles. The van der Waals surface area contributed by atoms with Crippen LogP contribution in [-0.2, 0) is 29.8 Å². The molecule has 2 aliphatic carbocycles. The fraction of sp³-hybridized carbons (Fsp3) is 0.480. The van der Waals surface area contributed by atoms with Crippen LogP contribution in [0.25, 0.3) is 0 Å². The van der Waals surface area contributed by atoms with Crippen LogP contribution in [0.2, 0.25) is 5.02 Å². The Morgan fingerprint density at radius 3 is 2.45 bits per heavy atom. The number of fused-ring (bicyclic) bond motifs is 4. The molecule has 3 nitrogen and oxygen atoms in total. The van der Waals surface area contributed by atoms with E-state index in [0.29, 0.717) is 5.92 Å². The van der Waals surface area contributed by atoms with Crippen LogP contribution in [0, 0.1) is 11.3 Å². The predicted molar refractivity (Wildman–Crippen MR) is 118 cm³/mol. The SMILES string of the molecule is CCC(C)C1=NC2(ON1C)c1cc(Cl)ccc1CC21CCc2ccccc2CC1. The summed E-state index contributed by atoms with van der Waals surface area (Å²) >= 11 is 6.46. The molecule has 0 radical (unpaired) electrons. The molecule has 2 unspecified atom stereocenters. The number of aliphatic imine (C=N–C) groups is 1. The molecule has 2 aromatic rings. The Labute approximate surface area is 178 Å². The number of hydrogen-bond donors (Lipinski definition) is 0. The molecule has 0 aromatic heterocycles.